The number of imidazole rings is 1. The number of carbonyl (C=O) groups excluding carboxylic acids is 1. The lowest BCUT2D eigenvalue weighted by Gasteiger charge is -2.11. The van der Waals surface area contributed by atoms with Gasteiger partial charge in [0.1, 0.15) is 0 Å². The Morgan fingerprint density at radius 2 is 1.97 bits per heavy atom. The van der Waals surface area contributed by atoms with Crippen molar-refractivity contribution in [2.75, 3.05) is 12.3 Å². The zero-order valence-corrected chi connectivity index (χ0v) is 18.2. The van der Waals surface area contributed by atoms with Gasteiger partial charge in [-0.1, -0.05) is 23.2 Å². The number of benzene rings is 2. The van der Waals surface area contributed by atoms with Gasteiger partial charge < -0.3 is 25.7 Å². The number of pyridine rings is 1. The Morgan fingerprint density at radius 3 is 2.66 bits per heavy atom. The van der Waals surface area contributed by atoms with Crippen molar-refractivity contribution < 1.29 is 9.90 Å². The molecule has 0 spiro atoms. The first kappa shape index (κ1) is 21.7. The molecule has 2 aromatic heterocycles. The molecule has 0 aliphatic rings. The normalized spacial score (nSPS) is 11.1. The fraction of sp³-hybridized carbons (Fsp3) is 0.136. The average Bonchev–Trinajstić information content (AvgIpc) is 3.30. The van der Waals surface area contributed by atoms with E-state index in [4.69, 9.17) is 28.9 Å². The summed E-state index contributed by atoms with van der Waals surface area (Å²) < 4.78 is 1.93. The van der Waals surface area contributed by atoms with E-state index in [1.807, 2.05) is 10.8 Å². The van der Waals surface area contributed by atoms with Gasteiger partial charge >= 0.3 is 0 Å². The number of rotatable bonds is 6. The highest BCUT2D eigenvalue weighted by Gasteiger charge is 2.16. The molecule has 0 unspecified atom stereocenters. The first-order valence-corrected chi connectivity index (χ1v) is 10.5. The zero-order chi connectivity index (χ0) is 22.8. The Hall–Kier alpha value is -3.49. The molecule has 2 heterocycles. The maximum atomic E-state index is 12.7. The fourth-order valence-corrected chi connectivity index (χ4v) is 3.83. The molecule has 0 fully saturated rings. The second-order valence-corrected chi connectivity index (χ2v) is 8.02. The molecule has 164 valence electrons. The van der Waals surface area contributed by atoms with Crippen LogP contribution in [0.4, 0.5) is 5.69 Å². The van der Waals surface area contributed by atoms with Crippen molar-refractivity contribution in [2.45, 2.75) is 13.0 Å². The Labute approximate surface area is 192 Å². The topological polar surface area (TPSA) is 126 Å². The van der Waals surface area contributed by atoms with Crippen molar-refractivity contribution >= 4 is 45.7 Å². The van der Waals surface area contributed by atoms with E-state index in [0.717, 1.165) is 13.0 Å². The van der Waals surface area contributed by atoms with Gasteiger partial charge in [0, 0.05) is 42.0 Å². The molecule has 0 radical (unpaired) electrons. The molecule has 0 saturated carbocycles. The van der Waals surface area contributed by atoms with E-state index in [0.29, 0.717) is 23.2 Å². The van der Waals surface area contributed by atoms with Crippen LogP contribution in [0, 0.1) is 0 Å². The van der Waals surface area contributed by atoms with E-state index < -0.39 is 11.2 Å². The average molecular weight is 472 g/mol. The Balaban J connectivity index is 1.61. The predicted molar refractivity (Wildman–Crippen MR) is 125 cm³/mol. The van der Waals surface area contributed by atoms with Crippen molar-refractivity contribution in [3.05, 3.63) is 74.9 Å². The summed E-state index contributed by atoms with van der Waals surface area (Å²) in [4.78, 5) is 32.2. The van der Waals surface area contributed by atoms with E-state index >= 15 is 0 Å². The molecule has 0 bridgehead atoms. The molecule has 0 atom stereocenters. The lowest BCUT2D eigenvalue weighted by molar-refractivity contribution is 0.0953. The van der Waals surface area contributed by atoms with Crippen molar-refractivity contribution in [2.24, 2.45) is 0 Å². The van der Waals surface area contributed by atoms with Crippen LogP contribution in [0.25, 0.3) is 22.2 Å². The predicted octanol–water partition coefficient (Wildman–Crippen LogP) is 3.81. The van der Waals surface area contributed by atoms with Crippen LogP contribution in [0.1, 0.15) is 16.8 Å². The Bertz CT molecular complexity index is 1340. The van der Waals surface area contributed by atoms with Crippen molar-refractivity contribution in [3.63, 3.8) is 0 Å². The highest BCUT2D eigenvalue weighted by molar-refractivity contribution is 6.39. The molecule has 10 heteroatoms. The number of anilines is 1. The van der Waals surface area contributed by atoms with Crippen molar-refractivity contribution in [1.82, 2.24) is 19.9 Å². The van der Waals surface area contributed by atoms with Crippen molar-refractivity contribution in [3.8, 4) is 17.0 Å². The molecule has 0 aliphatic carbocycles. The van der Waals surface area contributed by atoms with E-state index in [2.05, 4.69) is 15.3 Å². The summed E-state index contributed by atoms with van der Waals surface area (Å²) >= 11 is 12.2. The molecule has 0 aliphatic heterocycles. The molecule has 4 aromatic rings. The summed E-state index contributed by atoms with van der Waals surface area (Å²) in [5.41, 5.74) is 6.67. The summed E-state index contributed by atoms with van der Waals surface area (Å²) in [6, 6.07) is 7.60. The number of nitrogens with zero attached hydrogens (tertiary/aromatic N) is 2. The Kier molecular flexibility index (Phi) is 6.07. The minimum Gasteiger partial charge on any atom is -0.503 e. The number of aromatic nitrogens is 3. The quantitative estimate of drug-likeness (QED) is 0.251. The summed E-state index contributed by atoms with van der Waals surface area (Å²) in [7, 11) is 0. The van der Waals surface area contributed by atoms with Gasteiger partial charge in [-0.25, -0.2) is 4.98 Å². The number of nitrogen functional groups attached to an aromatic ring is 1. The van der Waals surface area contributed by atoms with Crippen LogP contribution in [-0.4, -0.2) is 32.1 Å². The second kappa shape index (κ2) is 8.94. The third-order valence-electron chi connectivity index (χ3n) is 5.04. The van der Waals surface area contributed by atoms with Crippen LogP contribution in [0.2, 0.25) is 10.0 Å². The molecule has 1 amide bonds. The number of amides is 1. The molecule has 2 aromatic carbocycles. The first-order chi connectivity index (χ1) is 15.3. The van der Waals surface area contributed by atoms with Crippen LogP contribution in [-0.2, 0) is 6.54 Å². The van der Waals surface area contributed by atoms with Gasteiger partial charge in [0.15, 0.2) is 5.75 Å². The van der Waals surface area contributed by atoms with Gasteiger partial charge in [0.05, 0.1) is 33.3 Å². The second-order valence-electron chi connectivity index (χ2n) is 7.20. The van der Waals surface area contributed by atoms with Gasteiger partial charge in [-0.15, -0.1) is 0 Å². The number of H-pyrrole nitrogens is 1. The third-order valence-corrected chi connectivity index (χ3v) is 5.67. The van der Waals surface area contributed by atoms with E-state index in [9.17, 15) is 14.7 Å². The monoisotopic (exact) mass is 471 g/mol. The van der Waals surface area contributed by atoms with E-state index in [1.54, 1.807) is 24.7 Å². The number of fused-ring (bicyclic) bond motifs is 1. The van der Waals surface area contributed by atoms with Gasteiger partial charge in [-0.05, 0) is 36.8 Å². The van der Waals surface area contributed by atoms with E-state index in [-0.39, 0.29) is 32.7 Å². The molecule has 5 N–H and O–H groups in total. The largest absolute Gasteiger partial charge is 0.503 e. The number of halogens is 2. The minimum absolute atomic E-state index is 0.129. The summed E-state index contributed by atoms with van der Waals surface area (Å²) in [6.07, 6.45) is 6.02. The molecule has 32 heavy (non-hydrogen) atoms. The van der Waals surface area contributed by atoms with E-state index in [1.165, 1.54) is 18.2 Å². The van der Waals surface area contributed by atoms with Crippen LogP contribution in [0.3, 0.4) is 0 Å². The summed E-state index contributed by atoms with van der Waals surface area (Å²) in [6.45, 7) is 1.22. The van der Waals surface area contributed by atoms with Crippen molar-refractivity contribution in [1.29, 1.82) is 0 Å². The highest BCUT2D eigenvalue weighted by atomic mass is 35.5. The fourth-order valence-electron chi connectivity index (χ4n) is 3.34. The molecule has 4 rings (SSSR count). The number of nitrogens with one attached hydrogen (secondary N) is 2. The van der Waals surface area contributed by atoms with Gasteiger partial charge in [0.25, 0.3) is 5.91 Å². The van der Waals surface area contributed by atoms with Crippen LogP contribution >= 0.6 is 23.2 Å². The standard InChI is InChI=1S/C22H19Cl2N5O3/c23-15-8-13(9-16(24)18(15)25)19-21(31)20(30)14-3-2-12(10-17(14)28-19)22(32)27-4-1-6-29-7-5-26-11-29/h2-3,5,7-11,31H,1,4,6,25H2,(H,27,32)(H,28,30). The lowest BCUT2D eigenvalue weighted by atomic mass is 10.1. The lowest BCUT2D eigenvalue weighted by Crippen LogP contribution is -2.25. The molecular weight excluding hydrogens is 453 g/mol. The SMILES string of the molecule is Nc1c(Cl)cc(-c2[nH]c3cc(C(=O)NCCCn4ccnc4)ccc3c(=O)c2O)cc1Cl. The number of aromatic hydroxyl groups is 1. The smallest absolute Gasteiger partial charge is 0.251 e. The third kappa shape index (κ3) is 4.28. The summed E-state index contributed by atoms with van der Waals surface area (Å²) in [5, 5.41) is 13.9. The number of carbonyl (C=O) groups is 1. The number of hydrogen-bond acceptors (Lipinski definition) is 5. The molecule has 0 saturated heterocycles. The number of aryl methyl sites for hydroxylation is 1. The Morgan fingerprint density at radius 1 is 1.22 bits per heavy atom. The zero-order valence-electron chi connectivity index (χ0n) is 16.7. The van der Waals surface area contributed by atoms with Gasteiger partial charge in [0.2, 0.25) is 5.43 Å². The maximum absolute atomic E-state index is 12.7. The van der Waals surface area contributed by atoms with Crippen LogP contribution < -0.4 is 16.5 Å². The summed E-state index contributed by atoms with van der Waals surface area (Å²) in [5.74, 6) is -0.752. The number of aromatic amines is 1. The molecule has 8 nitrogen and oxygen atoms in total. The number of hydrogen-bond donors (Lipinski definition) is 4. The highest BCUT2D eigenvalue weighted by Crippen LogP contribution is 2.35. The van der Waals surface area contributed by atoms with Crippen LogP contribution in [0.5, 0.6) is 5.75 Å². The van der Waals surface area contributed by atoms with Gasteiger partial charge in [-0.3, -0.25) is 9.59 Å². The maximum Gasteiger partial charge on any atom is 0.251 e. The first-order valence-electron chi connectivity index (χ1n) is 9.73. The minimum atomic E-state index is -0.579. The van der Waals surface area contributed by atoms with Crippen LogP contribution in [0.15, 0.2) is 53.8 Å². The molecular formula is C22H19Cl2N5O3. The number of nitrogens with two attached hydrogens (primary N) is 1. The van der Waals surface area contributed by atoms with Gasteiger partial charge in [-0.2, -0.15) is 0 Å².